The van der Waals surface area contributed by atoms with Crippen molar-refractivity contribution in [3.63, 3.8) is 0 Å². The SMILES string of the molecule is COC1C=CC(C(=O)C2C=CC(CC(=O)OC(C)C)=C(C3=C[C@@H](CCl)CC=C3)S2)=CN1. The monoisotopic (exact) mass is 461 g/mol. The molecule has 0 radical (unpaired) electrons. The average molecular weight is 462 g/mol. The number of hydrogen-bond acceptors (Lipinski definition) is 6. The van der Waals surface area contributed by atoms with Gasteiger partial charge in [-0.25, -0.2) is 0 Å². The summed E-state index contributed by atoms with van der Waals surface area (Å²) in [7, 11) is 1.60. The highest BCUT2D eigenvalue weighted by Gasteiger charge is 2.28. The number of ether oxygens (including phenoxy) is 2. The molecular weight excluding hydrogens is 434 g/mol. The largest absolute Gasteiger partial charge is 0.463 e. The number of dihydropyridines is 1. The van der Waals surface area contributed by atoms with Gasteiger partial charge in [0.25, 0.3) is 0 Å². The highest BCUT2D eigenvalue weighted by molar-refractivity contribution is 8.04. The summed E-state index contributed by atoms with van der Waals surface area (Å²) >= 11 is 7.56. The molecule has 2 heterocycles. The van der Waals surface area contributed by atoms with Gasteiger partial charge in [-0.1, -0.05) is 30.4 Å². The van der Waals surface area contributed by atoms with Gasteiger partial charge in [-0.2, -0.15) is 0 Å². The fourth-order valence-electron chi connectivity index (χ4n) is 3.45. The van der Waals surface area contributed by atoms with Crippen molar-refractivity contribution in [1.29, 1.82) is 0 Å². The van der Waals surface area contributed by atoms with Crippen LogP contribution in [0.2, 0.25) is 0 Å². The first-order chi connectivity index (χ1) is 14.9. The molecule has 2 unspecified atom stereocenters. The molecule has 0 saturated carbocycles. The zero-order valence-electron chi connectivity index (χ0n) is 18.0. The zero-order chi connectivity index (χ0) is 22.4. The van der Waals surface area contributed by atoms with E-state index in [4.69, 9.17) is 21.1 Å². The number of halogens is 1. The molecule has 3 aliphatic rings. The Labute approximate surface area is 193 Å². The second kappa shape index (κ2) is 11.0. The van der Waals surface area contributed by atoms with E-state index in [2.05, 4.69) is 17.5 Å². The van der Waals surface area contributed by atoms with Crippen molar-refractivity contribution in [2.24, 2.45) is 5.92 Å². The van der Waals surface area contributed by atoms with Crippen LogP contribution < -0.4 is 5.32 Å². The van der Waals surface area contributed by atoms with Gasteiger partial charge >= 0.3 is 5.97 Å². The number of rotatable bonds is 8. The Morgan fingerprint density at radius 3 is 2.71 bits per heavy atom. The third kappa shape index (κ3) is 6.25. The minimum atomic E-state index is -0.387. The molecule has 31 heavy (non-hydrogen) atoms. The van der Waals surface area contributed by atoms with Crippen LogP contribution in [-0.2, 0) is 19.1 Å². The lowest BCUT2D eigenvalue weighted by molar-refractivity contribution is -0.146. The molecule has 1 N–H and O–H groups in total. The number of nitrogens with one attached hydrogen (secondary N) is 1. The maximum absolute atomic E-state index is 13.1. The van der Waals surface area contributed by atoms with Gasteiger partial charge in [0, 0.05) is 29.7 Å². The molecular formula is C24H28ClNO4S. The van der Waals surface area contributed by atoms with Crippen LogP contribution in [0.5, 0.6) is 0 Å². The molecule has 3 rings (SSSR count). The fraction of sp³-hybridized carbons (Fsp3) is 0.417. The third-order valence-corrected chi connectivity index (χ3v) is 6.73. The van der Waals surface area contributed by atoms with Gasteiger partial charge in [-0.3, -0.25) is 9.59 Å². The topological polar surface area (TPSA) is 64.6 Å². The number of methoxy groups -OCH3 is 1. The molecule has 0 aromatic rings. The van der Waals surface area contributed by atoms with E-state index in [1.807, 2.05) is 38.2 Å². The Balaban J connectivity index is 1.84. The van der Waals surface area contributed by atoms with Crippen LogP contribution in [0.15, 0.2) is 70.4 Å². The van der Waals surface area contributed by atoms with Crippen molar-refractivity contribution in [2.75, 3.05) is 13.0 Å². The van der Waals surface area contributed by atoms with Crippen molar-refractivity contribution in [1.82, 2.24) is 5.32 Å². The third-order valence-electron chi connectivity index (χ3n) is 4.97. The van der Waals surface area contributed by atoms with Gasteiger partial charge in [0.05, 0.1) is 17.8 Å². The van der Waals surface area contributed by atoms with Crippen LogP contribution in [0.3, 0.4) is 0 Å². The van der Waals surface area contributed by atoms with Crippen molar-refractivity contribution >= 4 is 35.1 Å². The number of esters is 1. The molecule has 5 nitrogen and oxygen atoms in total. The molecule has 0 bridgehead atoms. The first-order valence-corrected chi connectivity index (χ1v) is 11.8. The van der Waals surface area contributed by atoms with E-state index in [0.717, 1.165) is 22.5 Å². The number of carbonyl (C=O) groups is 2. The Morgan fingerprint density at radius 1 is 1.26 bits per heavy atom. The summed E-state index contributed by atoms with van der Waals surface area (Å²) in [6.45, 7) is 3.66. The first-order valence-electron chi connectivity index (χ1n) is 10.3. The van der Waals surface area contributed by atoms with Crippen LogP contribution in [0.1, 0.15) is 26.7 Å². The van der Waals surface area contributed by atoms with E-state index < -0.39 is 0 Å². The van der Waals surface area contributed by atoms with E-state index in [1.165, 1.54) is 11.8 Å². The number of allylic oxidation sites excluding steroid dienone is 7. The minimum Gasteiger partial charge on any atom is -0.463 e. The number of thioether (sulfide) groups is 1. The van der Waals surface area contributed by atoms with E-state index in [1.54, 1.807) is 19.4 Å². The second-order valence-corrected chi connectivity index (χ2v) is 9.25. The van der Waals surface area contributed by atoms with E-state index >= 15 is 0 Å². The molecule has 166 valence electrons. The molecule has 0 amide bonds. The van der Waals surface area contributed by atoms with Gasteiger partial charge < -0.3 is 14.8 Å². The Morgan fingerprint density at radius 2 is 2.06 bits per heavy atom. The summed E-state index contributed by atoms with van der Waals surface area (Å²) in [5, 5.41) is 2.66. The molecule has 1 aliphatic carbocycles. The van der Waals surface area contributed by atoms with Crippen molar-refractivity contribution in [2.45, 2.75) is 44.3 Å². The summed E-state index contributed by atoms with van der Waals surface area (Å²) in [5.41, 5.74) is 2.45. The standard InChI is InChI=1S/C24H28ClNO4S/c1-15(2)30-22(27)12-18-7-9-20(23(28)19-8-10-21(29-3)26-14-19)31-24(18)17-6-4-5-16(11-17)13-25/h4,6-11,14-16,20-21,26H,5,12-13H2,1-3H3/t16-,20?,21?/m0/s1. The van der Waals surface area contributed by atoms with Crippen molar-refractivity contribution < 1.29 is 19.1 Å². The van der Waals surface area contributed by atoms with E-state index in [9.17, 15) is 9.59 Å². The molecule has 0 saturated heterocycles. The Hall–Kier alpha value is -2.02. The molecule has 0 aromatic heterocycles. The molecule has 2 aliphatic heterocycles. The lowest BCUT2D eigenvalue weighted by atomic mass is 9.95. The maximum atomic E-state index is 13.1. The summed E-state index contributed by atoms with van der Waals surface area (Å²) in [4.78, 5) is 26.4. The van der Waals surface area contributed by atoms with Gasteiger partial charge in [0.15, 0.2) is 5.78 Å². The average Bonchev–Trinajstić information content (AvgIpc) is 2.78. The lowest BCUT2D eigenvalue weighted by Crippen LogP contribution is -2.29. The summed E-state index contributed by atoms with van der Waals surface area (Å²) in [5.74, 6) is 0.478. The highest BCUT2D eigenvalue weighted by Crippen LogP contribution is 2.41. The van der Waals surface area contributed by atoms with Crippen LogP contribution in [0.4, 0.5) is 0 Å². The van der Waals surface area contributed by atoms with Gasteiger partial charge in [-0.05, 0) is 49.5 Å². The van der Waals surface area contributed by atoms with Gasteiger partial charge in [-0.15, -0.1) is 23.4 Å². The second-order valence-electron chi connectivity index (χ2n) is 7.79. The Kier molecular flexibility index (Phi) is 8.41. The number of ketones is 1. The predicted octanol–water partition coefficient (Wildman–Crippen LogP) is 4.58. The fourth-order valence-corrected chi connectivity index (χ4v) is 4.88. The summed E-state index contributed by atoms with van der Waals surface area (Å²) in [6, 6.07) is 0. The van der Waals surface area contributed by atoms with Crippen LogP contribution in [0, 0.1) is 5.92 Å². The smallest absolute Gasteiger partial charge is 0.310 e. The predicted molar refractivity (Wildman–Crippen MR) is 126 cm³/mol. The van der Waals surface area contributed by atoms with Crippen LogP contribution >= 0.6 is 23.4 Å². The Bertz CT molecular complexity index is 897. The first kappa shape index (κ1) is 23.6. The van der Waals surface area contributed by atoms with Crippen LogP contribution in [0.25, 0.3) is 0 Å². The molecule has 0 spiro atoms. The van der Waals surface area contributed by atoms with Gasteiger partial charge in [0.2, 0.25) is 0 Å². The van der Waals surface area contributed by atoms with E-state index in [0.29, 0.717) is 11.5 Å². The minimum absolute atomic E-state index is 0.00450. The number of hydrogen-bond donors (Lipinski definition) is 1. The highest BCUT2D eigenvalue weighted by atomic mass is 35.5. The van der Waals surface area contributed by atoms with Crippen LogP contribution in [-0.4, -0.2) is 42.3 Å². The molecule has 0 fully saturated rings. The van der Waals surface area contributed by atoms with Gasteiger partial charge in [0.1, 0.15) is 6.23 Å². The zero-order valence-corrected chi connectivity index (χ0v) is 19.5. The lowest BCUT2D eigenvalue weighted by Gasteiger charge is -2.25. The summed E-state index contributed by atoms with van der Waals surface area (Å²) in [6.07, 6.45) is 15.9. The van der Waals surface area contributed by atoms with Crippen molar-refractivity contribution in [3.05, 3.63) is 70.4 Å². The number of alkyl halides is 1. The van der Waals surface area contributed by atoms with E-state index in [-0.39, 0.29) is 41.7 Å². The molecule has 0 aromatic carbocycles. The molecule has 3 atom stereocenters. The normalized spacial score (nSPS) is 25.3. The number of carbonyl (C=O) groups excluding carboxylic acids is 2. The van der Waals surface area contributed by atoms with Crippen molar-refractivity contribution in [3.8, 4) is 0 Å². The quantitative estimate of drug-likeness (QED) is 0.421. The number of Topliss-reactive ketones (excluding diaryl/α,β-unsaturated/α-hetero) is 1. The summed E-state index contributed by atoms with van der Waals surface area (Å²) < 4.78 is 10.6. The maximum Gasteiger partial charge on any atom is 0.310 e. The molecule has 7 heteroatoms.